The second-order valence-electron chi connectivity index (χ2n) is 6.32. The molecule has 1 aliphatic carbocycles. The Morgan fingerprint density at radius 2 is 1.06 bits per heavy atom. The Kier molecular flexibility index (Phi) is 5.96. The molecule has 2 aliphatic rings. The SMILES string of the molecule is C[P]1(C2CCCCCCCCCCC2)C=CC=C1. The molecule has 2 rings (SSSR count). The molecule has 1 radical (unpaired) electrons. The molecule has 1 saturated carbocycles. The number of hydrogen-bond acceptors (Lipinski definition) is 0. The Bertz CT molecular complexity index is 266. The average Bonchev–Trinajstić information content (AvgIpc) is 2.78. The molecule has 0 spiro atoms. The van der Waals surface area contributed by atoms with Crippen LogP contribution in [0.3, 0.4) is 0 Å². The fourth-order valence-electron chi connectivity index (χ4n) is 3.46. The van der Waals surface area contributed by atoms with Crippen LogP contribution in [-0.4, -0.2) is 12.3 Å². The summed E-state index contributed by atoms with van der Waals surface area (Å²) in [7, 11) is -0.862. The van der Waals surface area contributed by atoms with E-state index in [9.17, 15) is 0 Å². The average molecular weight is 265 g/mol. The van der Waals surface area contributed by atoms with Gasteiger partial charge in [-0.05, 0) is 25.2 Å². The van der Waals surface area contributed by atoms with Gasteiger partial charge in [-0.15, -0.1) is 0 Å². The molecule has 0 aromatic carbocycles. The van der Waals surface area contributed by atoms with Crippen LogP contribution in [0.1, 0.15) is 70.6 Å². The fraction of sp³-hybridized carbons (Fsp3) is 0.765. The molecule has 0 amide bonds. The lowest BCUT2D eigenvalue weighted by Crippen LogP contribution is -2.10. The highest BCUT2D eigenvalue weighted by Crippen LogP contribution is 2.67. The lowest BCUT2D eigenvalue weighted by Gasteiger charge is -2.34. The first-order chi connectivity index (χ1) is 8.81. The minimum Gasteiger partial charge on any atom is -0.0848 e. The van der Waals surface area contributed by atoms with Crippen LogP contribution in [-0.2, 0) is 0 Å². The summed E-state index contributed by atoms with van der Waals surface area (Å²) in [5.41, 5.74) is 0.993. The van der Waals surface area contributed by atoms with E-state index in [4.69, 9.17) is 0 Å². The molecule has 1 fully saturated rings. The summed E-state index contributed by atoms with van der Waals surface area (Å²) >= 11 is 0. The zero-order chi connectivity index (χ0) is 12.7. The van der Waals surface area contributed by atoms with Gasteiger partial charge in [-0.2, -0.15) is 0 Å². The van der Waals surface area contributed by atoms with Gasteiger partial charge in [0.05, 0.1) is 0 Å². The summed E-state index contributed by atoms with van der Waals surface area (Å²) in [5.74, 6) is 5.09. The van der Waals surface area contributed by atoms with Crippen LogP contribution < -0.4 is 0 Å². The largest absolute Gasteiger partial charge is 0.0848 e. The summed E-state index contributed by atoms with van der Waals surface area (Å²) < 4.78 is 0. The Balaban J connectivity index is 1.89. The van der Waals surface area contributed by atoms with Crippen molar-refractivity contribution in [1.29, 1.82) is 0 Å². The molecular weight excluding hydrogens is 235 g/mol. The van der Waals surface area contributed by atoms with Crippen LogP contribution in [0.2, 0.25) is 0 Å². The highest BCUT2D eigenvalue weighted by atomic mass is 31.2. The van der Waals surface area contributed by atoms with E-state index >= 15 is 0 Å². The van der Waals surface area contributed by atoms with Crippen molar-refractivity contribution in [2.24, 2.45) is 0 Å². The maximum Gasteiger partial charge on any atom is -0.0181 e. The molecule has 0 atom stereocenters. The van der Waals surface area contributed by atoms with Crippen molar-refractivity contribution in [3.63, 3.8) is 0 Å². The molecule has 1 aliphatic heterocycles. The van der Waals surface area contributed by atoms with E-state index in [1.807, 2.05) is 0 Å². The van der Waals surface area contributed by atoms with Crippen molar-refractivity contribution in [2.75, 3.05) is 6.66 Å². The lowest BCUT2D eigenvalue weighted by molar-refractivity contribution is 0.507. The predicted molar refractivity (Wildman–Crippen MR) is 85.7 cm³/mol. The van der Waals surface area contributed by atoms with Gasteiger partial charge in [-0.25, -0.2) is 0 Å². The van der Waals surface area contributed by atoms with Crippen LogP contribution in [0.25, 0.3) is 0 Å². The molecule has 1 heterocycles. The lowest BCUT2D eigenvalue weighted by atomic mass is 10.0. The zero-order valence-corrected chi connectivity index (χ0v) is 13.0. The van der Waals surface area contributed by atoms with Gasteiger partial charge < -0.3 is 0 Å². The van der Waals surface area contributed by atoms with Gasteiger partial charge in [0.1, 0.15) is 0 Å². The third-order valence-corrected chi connectivity index (χ3v) is 8.51. The Morgan fingerprint density at radius 3 is 1.50 bits per heavy atom. The maximum absolute atomic E-state index is 2.55. The van der Waals surface area contributed by atoms with Gasteiger partial charge >= 0.3 is 0 Å². The van der Waals surface area contributed by atoms with E-state index in [1.54, 1.807) is 0 Å². The first-order valence-corrected chi connectivity index (χ1v) is 10.5. The minimum absolute atomic E-state index is 0.862. The molecule has 0 unspecified atom stereocenters. The summed E-state index contributed by atoms with van der Waals surface area (Å²) in [5, 5.41) is 0. The molecule has 0 nitrogen and oxygen atoms in total. The molecule has 1 heteroatoms. The van der Waals surface area contributed by atoms with E-state index in [0.29, 0.717) is 0 Å². The Morgan fingerprint density at radius 1 is 0.667 bits per heavy atom. The third-order valence-electron chi connectivity index (χ3n) is 4.79. The number of hydrogen-bond donors (Lipinski definition) is 0. The highest BCUT2D eigenvalue weighted by molar-refractivity contribution is 7.81. The Labute approximate surface area is 114 Å². The number of allylic oxidation sites excluding steroid dienone is 2. The topological polar surface area (TPSA) is 0 Å². The molecule has 0 aromatic heterocycles. The van der Waals surface area contributed by atoms with Crippen molar-refractivity contribution in [2.45, 2.75) is 76.3 Å². The van der Waals surface area contributed by atoms with Gasteiger partial charge in [-0.1, -0.05) is 88.8 Å². The molecule has 0 aromatic rings. The van der Waals surface area contributed by atoms with Crippen LogP contribution in [0.4, 0.5) is 0 Å². The summed E-state index contributed by atoms with van der Waals surface area (Å²) in [6, 6.07) is 0. The van der Waals surface area contributed by atoms with Crippen LogP contribution in [0.5, 0.6) is 0 Å². The maximum atomic E-state index is 2.55. The van der Waals surface area contributed by atoms with Crippen LogP contribution >= 0.6 is 7.26 Å². The van der Waals surface area contributed by atoms with E-state index < -0.39 is 7.26 Å². The van der Waals surface area contributed by atoms with Crippen LogP contribution in [0, 0.1) is 0 Å². The van der Waals surface area contributed by atoms with Gasteiger partial charge in [0, 0.05) is 0 Å². The summed E-state index contributed by atoms with van der Waals surface area (Å²) in [4.78, 5) is 0. The predicted octanol–water partition coefficient (Wildman–Crippen LogP) is 6.35. The minimum atomic E-state index is -0.862. The van der Waals surface area contributed by atoms with E-state index in [-0.39, 0.29) is 0 Å². The Hall–Kier alpha value is -0.0900. The molecular formula is C17H30P. The van der Waals surface area contributed by atoms with Crippen molar-refractivity contribution in [1.82, 2.24) is 0 Å². The number of rotatable bonds is 1. The summed E-state index contributed by atoms with van der Waals surface area (Å²) in [6.07, 6.45) is 20.9. The highest BCUT2D eigenvalue weighted by Gasteiger charge is 2.27. The zero-order valence-electron chi connectivity index (χ0n) is 12.1. The quantitative estimate of drug-likeness (QED) is 0.485. The van der Waals surface area contributed by atoms with Crippen molar-refractivity contribution in [3.05, 3.63) is 23.8 Å². The molecule has 18 heavy (non-hydrogen) atoms. The summed E-state index contributed by atoms with van der Waals surface area (Å²) in [6.45, 7) is 2.55. The van der Waals surface area contributed by atoms with Gasteiger partial charge in [0.2, 0.25) is 0 Å². The smallest absolute Gasteiger partial charge is 0.0181 e. The van der Waals surface area contributed by atoms with E-state index in [0.717, 1.165) is 5.66 Å². The molecule has 0 N–H and O–H groups in total. The molecule has 0 saturated heterocycles. The van der Waals surface area contributed by atoms with Crippen molar-refractivity contribution in [3.8, 4) is 0 Å². The van der Waals surface area contributed by atoms with Gasteiger partial charge in [0.25, 0.3) is 0 Å². The van der Waals surface area contributed by atoms with E-state index in [2.05, 4.69) is 30.5 Å². The molecule has 0 bridgehead atoms. The third kappa shape index (κ3) is 4.23. The van der Waals surface area contributed by atoms with Crippen molar-refractivity contribution < 1.29 is 0 Å². The monoisotopic (exact) mass is 265 g/mol. The van der Waals surface area contributed by atoms with Gasteiger partial charge in [-0.3, -0.25) is 0 Å². The fourth-order valence-corrected chi connectivity index (χ4v) is 6.47. The molecule has 103 valence electrons. The van der Waals surface area contributed by atoms with Gasteiger partial charge in [0.15, 0.2) is 0 Å². The first-order valence-electron chi connectivity index (χ1n) is 8.04. The standard InChI is InChI=1S/C17H30P/c1-18(15-11-12-16-18)17-13-9-7-5-3-2-4-6-8-10-14-17/h11-12,15-17H,2-10,13-14H2,1H3. The first kappa shape index (κ1) is 14.3. The second kappa shape index (κ2) is 7.49. The normalized spacial score (nSPS) is 26.7. The van der Waals surface area contributed by atoms with E-state index in [1.165, 1.54) is 70.6 Å². The second-order valence-corrected chi connectivity index (χ2v) is 10.1. The van der Waals surface area contributed by atoms with Crippen molar-refractivity contribution >= 4 is 7.26 Å². The van der Waals surface area contributed by atoms with Crippen LogP contribution in [0.15, 0.2) is 23.8 Å².